The number of amides is 1. The van der Waals surface area contributed by atoms with Crippen LogP contribution in [0, 0.1) is 0 Å². The molecule has 0 fully saturated rings. The molecule has 0 unspecified atom stereocenters. The molecular weight excluding hydrogens is 456 g/mol. The van der Waals surface area contributed by atoms with Crippen LogP contribution in [0.4, 0.5) is 0 Å². The summed E-state index contributed by atoms with van der Waals surface area (Å²) in [7, 11) is -9.62. The summed E-state index contributed by atoms with van der Waals surface area (Å²) in [6, 6.07) is 0. The minimum absolute atomic E-state index is 0. The number of hydrogen-bond acceptors (Lipinski definition) is 10. The third kappa shape index (κ3) is 52.5. The number of rotatable bonds is 6. The van der Waals surface area contributed by atoms with E-state index in [9.17, 15) is 18.0 Å². The summed E-state index contributed by atoms with van der Waals surface area (Å²) in [6.45, 7) is 13.2. The summed E-state index contributed by atoms with van der Waals surface area (Å²) in [5.74, 6) is -0.763. The van der Waals surface area contributed by atoms with Gasteiger partial charge in [0.1, 0.15) is 13.2 Å². The Kier molecular flexibility index (Phi) is 25.8. The third-order valence-electron chi connectivity index (χ3n) is 1.58. The van der Waals surface area contributed by atoms with E-state index in [1.807, 2.05) is 20.8 Å². The van der Waals surface area contributed by atoms with E-state index in [0.717, 1.165) is 0 Å². The van der Waals surface area contributed by atoms with Crippen molar-refractivity contribution in [2.75, 3.05) is 13.2 Å². The van der Waals surface area contributed by atoms with Gasteiger partial charge in [-0.25, -0.2) is 8.98 Å². The Labute approximate surface area is 215 Å². The van der Waals surface area contributed by atoms with Crippen LogP contribution >= 0.6 is 0 Å². The summed E-state index contributed by atoms with van der Waals surface area (Å²) < 4.78 is 70.5. The summed E-state index contributed by atoms with van der Waals surface area (Å²) >= 11 is 0. The topological polar surface area (TPSA) is 199 Å². The molecule has 0 spiro atoms. The molecule has 0 aliphatic heterocycles. The normalized spacial score (nSPS) is 10.2. The Morgan fingerprint density at radius 1 is 1.10 bits per heavy atom. The molecule has 0 radical (unpaired) electrons. The number of carbonyl (C=O) groups is 2. The van der Waals surface area contributed by atoms with Gasteiger partial charge in [-0.05, 0) is 33.8 Å². The van der Waals surface area contributed by atoms with Crippen LogP contribution in [0.2, 0.25) is 0 Å². The smallest absolute Gasteiger partial charge is 0.759 e. The third-order valence-corrected chi connectivity index (χ3v) is 2.05. The van der Waals surface area contributed by atoms with Crippen LogP contribution in [-0.4, -0.2) is 61.1 Å². The molecule has 0 aliphatic rings. The average molecular weight is 479 g/mol. The van der Waals surface area contributed by atoms with Crippen molar-refractivity contribution >= 4 is 32.7 Å². The molecule has 0 aromatic carbocycles. The molecule has 160 valence electrons. The quantitative estimate of drug-likeness (QED) is 0.0917. The van der Waals surface area contributed by atoms with Crippen LogP contribution in [0.5, 0.6) is 0 Å². The van der Waals surface area contributed by atoms with Gasteiger partial charge in [0.2, 0.25) is 5.91 Å². The van der Waals surface area contributed by atoms with E-state index in [0.29, 0.717) is 0 Å². The van der Waals surface area contributed by atoms with Gasteiger partial charge >= 0.3 is 75.5 Å². The first-order valence-corrected chi connectivity index (χ1v) is 9.54. The first-order valence-electron chi connectivity index (χ1n) is 6.84. The summed E-state index contributed by atoms with van der Waals surface area (Å²) in [5, 5.41) is 2.71. The Morgan fingerprint density at radius 3 is 1.69 bits per heavy atom. The standard InChI is InChI=1S/C7H13NO.C6H10O6S.2Na.H2O4S/c1-5-6(9)8-7(2,3)4;1-5(2)6(7)11-3-4-12-13(8,9)10;;;1-5(2,3)4/h5H,1H2,2-4H3,(H,8,9);1,3-4H2,2H3,(H,8,9,10);;;(H2,1,2,3,4)/q;;2*+1;/p-2. The van der Waals surface area contributed by atoms with Crippen molar-refractivity contribution in [1.29, 1.82) is 0 Å². The van der Waals surface area contributed by atoms with Crippen LogP contribution in [0.1, 0.15) is 27.7 Å². The molecule has 0 aromatic rings. The largest absolute Gasteiger partial charge is 1.00 e. The maximum Gasteiger partial charge on any atom is 1.00 e. The summed E-state index contributed by atoms with van der Waals surface area (Å²) in [4.78, 5) is 21.3. The fourth-order valence-corrected chi connectivity index (χ4v) is 1.10. The van der Waals surface area contributed by atoms with E-state index < -0.39 is 33.4 Å². The van der Waals surface area contributed by atoms with Gasteiger partial charge in [0, 0.05) is 21.5 Å². The Balaban J connectivity index is -0.000000105. The van der Waals surface area contributed by atoms with Crippen LogP contribution < -0.4 is 64.4 Å². The molecule has 1 amide bonds. The van der Waals surface area contributed by atoms with Crippen molar-refractivity contribution in [1.82, 2.24) is 5.32 Å². The molecule has 0 bridgehead atoms. The van der Waals surface area contributed by atoms with Gasteiger partial charge in [-0.3, -0.25) is 17.8 Å². The fraction of sp³-hybridized carbons (Fsp3) is 0.538. The van der Waals surface area contributed by atoms with Crippen molar-refractivity contribution in [2.45, 2.75) is 33.2 Å². The van der Waals surface area contributed by atoms with E-state index in [1.54, 1.807) is 0 Å². The first-order chi connectivity index (χ1) is 11.8. The Morgan fingerprint density at radius 2 is 1.48 bits per heavy atom. The predicted octanol–water partition coefficient (Wildman–Crippen LogP) is -6.32. The minimum atomic E-state index is -5.17. The molecule has 2 N–H and O–H groups in total. The van der Waals surface area contributed by atoms with Gasteiger partial charge in [-0.15, -0.1) is 0 Å². The number of nitrogens with one attached hydrogen (secondary N) is 1. The summed E-state index contributed by atoms with van der Waals surface area (Å²) in [6.07, 6.45) is 1.27. The van der Waals surface area contributed by atoms with Gasteiger partial charge < -0.3 is 19.2 Å². The number of hydrogen-bond donors (Lipinski definition) is 2. The van der Waals surface area contributed by atoms with Crippen molar-refractivity contribution in [2.24, 2.45) is 0 Å². The van der Waals surface area contributed by atoms with Gasteiger partial charge in [0.15, 0.2) is 0 Å². The molecule has 29 heavy (non-hydrogen) atoms. The van der Waals surface area contributed by atoms with Gasteiger partial charge in [0.05, 0.1) is 0 Å². The second kappa shape index (κ2) is 18.9. The Hall–Kier alpha value is 0.160. The average Bonchev–Trinajstić information content (AvgIpc) is 2.39. The number of carbonyl (C=O) groups excluding carboxylic acids is 2. The van der Waals surface area contributed by atoms with Crippen molar-refractivity contribution in [3.8, 4) is 0 Å². The zero-order valence-corrected chi connectivity index (χ0v) is 22.9. The second-order valence-electron chi connectivity index (χ2n) is 5.52. The van der Waals surface area contributed by atoms with Gasteiger partial charge in [0.25, 0.3) is 0 Å². The Bertz CT molecular complexity index is 706. The minimum Gasteiger partial charge on any atom is -0.759 e. The maximum atomic E-state index is 10.7. The molecule has 0 aliphatic carbocycles. The SMILES string of the molecule is C=C(C)C(=O)OCCOS(=O)(=O)O.C=CC(=O)NC(C)(C)C.O=S(=O)([O-])[O-].[Na+].[Na+]. The second-order valence-corrected chi connectivity index (χ2v) is 7.43. The summed E-state index contributed by atoms with van der Waals surface area (Å²) in [5.41, 5.74) is 0.0532. The van der Waals surface area contributed by atoms with Crippen molar-refractivity contribution in [3.63, 3.8) is 0 Å². The van der Waals surface area contributed by atoms with Gasteiger partial charge in [-0.2, -0.15) is 8.42 Å². The van der Waals surface area contributed by atoms with E-state index in [1.165, 1.54) is 13.0 Å². The number of ether oxygens (including phenoxy) is 1. The molecular formula is C13H23NNa2O11S2. The molecule has 16 heteroatoms. The van der Waals surface area contributed by atoms with Gasteiger partial charge in [-0.1, -0.05) is 13.2 Å². The van der Waals surface area contributed by atoms with Crippen molar-refractivity contribution in [3.05, 3.63) is 24.8 Å². The molecule has 0 heterocycles. The van der Waals surface area contributed by atoms with E-state index in [2.05, 4.69) is 27.4 Å². The molecule has 0 atom stereocenters. The van der Waals surface area contributed by atoms with E-state index >= 15 is 0 Å². The van der Waals surface area contributed by atoms with Crippen molar-refractivity contribution < 1.29 is 108 Å². The monoisotopic (exact) mass is 479 g/mol. The first kappa shape index (κ1) is 39.6. The maximum absolute atomic E-state index is 10.7. The molecule has 0 aromatic heterocycles. The predicted molar refractivity (Wildman–Crippen MR) is 91.8 cm³/mol. The zero-order valence-electron chi connectivity index (χ0n) is 17.3. The molecule has 0 saturated carbocycles. The number of esters is 1. The van der Waals surface area contributed by atoms with Crippen LogP contribution in [-0.2, 0) is 39.3 Å². The van der Waals surface area contributed by atoms with Crippen LogP contribution in [0.25, 0.3) is 0 Å². The van der Waals surface area contributed by atoms with Crippen LogP contribution in [0.15, 0.2) is 24.8 Å². The molecule has 0 rings (SSSR count). The molecule has 12 nitrogen and oxygen atoms in total. The van der Waals surface area contributed by atoms with Crippen LogP contribution in [0.3, 0.4) is 0 Å². The molecule has 0 saturated heterocycles. The van der Waals surface area contributed by atoms with E-state index in [-0.39, 0.29) is 82.7 Å². The van der Waals surface area contributed by atoms with E-state index in [4.69, 9.17) is 22.1 Å². The zero-order chi connectivity index (χ0) is 22.5. The fourth-order valence-electron chi connectivity index (χ4n) is 0.818.